The van der Waals surface area contributed by atoms with E-state index in [1.54, 1.807) is 19.2 Å². The first kappa shape index (κ1) is 25.4. The van der Waals surface area contributed by atoms with Crippen molar-refractivity contribution in [2.24, 2.45) is 0 Å². The van der Waals surface area contributed by atoms with Crippen molar-refractivity contribution in [3.8, 4) is 5.88 Å². The third kappa shape index (κ3) is 5.69. The Balaban J connectivity index is 1.27. The molecule has 1 saturated heterocycles. The van der Waals surface area contributed by atoms with Crippen LogP contribution in [0.5, 0.6) is 5.88 Å². The lowest BCUT2D eigenvalue weighted by Gasteiger charge is -2.37. The molecule has 0 unspecified atom stereocenters. The molecule has 3 heterocycles. The Kier molecular flexibility index (Phi) is 7.67. The minimum Gasteiger partial charge on any atom is -0.440 e. The molecular formula is C28H31FN6O3. The Labute approximate surface area is 220 Å². The maximum Gasteiger partial charge on any atom is 0.308 e. The Hall–Kier alpha value is -4.21. The minimum absolute atomic E-state index is 0.176. The highest BCUT2D eigenvalue weighted by Gasteiger charge is 2.27. The van der Waals surface area contributed by atoms with Gasteiger partial charge in [-0.05, 0) is 42.7 Å². The molecule has 5 rings (SSSR count). The molecule has 0 spiro atoms. The summed E-state index contributed by atoms with van der Waals surface area (Å²) in [6.45, 7) is 3.82. The van der Waals surface area contributed by atoms with Crippen molar-refractivity contribution in [3.63, 3.8) is 0 Å². The van der Waals surface area contributed by atoms with Crippen LogP contribution in [0.3, 0.4) is 0 Å². The van der Waals surface area contributed by atoms with Crippen molar-refractivity contribution >= 4 is 28.9 Å². The zero-order valence-electron chi connectivity index (χ0n) is 21.6. The Morgan fingerprint density at radius 3 is 2.61 bits per heavy atom. The quantitative estimate of drug-likeness (QED) is 0.238. The molecule has 9 nitrogen and oxygen atoms in total. The van der Waals surface area contributed by atoms with Crippen LogP contribution >= 0.6 is 0 Å². The van der Waals surface area contributed by atoms with E-state index in [1.807, 2.05) is 37.4 Å². The van der Waals surface area contributed by atoms with Gasteiger partial charge in [-0.1, -0.05) is 31.2 Å². The van der Waals surface area contributed by atoms with E-state index in [0.29, 0.717) is 24.8 Å². The molecule has 0 amide bonds. The number of aromatic nitrogens is 4. The number of hydrogen-bond acceptors (Lipinski definition) is 8. The lowest BCUT2D eigenvalue weighted by atomic mass is 10.0. The fraction of sp³-hybridized carbons (Fsp3) is 0.357. The largest absolute Gasteiger partial charge is 0.440 e. The van der Waals surface area contributed by atoms with Gasteiger partial charge in [-0.2, -0.15) is 4.98 Å². The van der Waals surface area contributed by atoms with Crippen LogP contribution in [0, 0.1) is 5.82 Å². The number of para-hydroxylation sites is 2. The number of hydrogen-bond donors (Lipinski definition) is 0. The molecule has 10 heteroatoms. The van der Waals surface area contributed by atoms with E-state index in [2.05, 4.69) is 30.4 Å². The number of imidazole rings is 1. The topological polar surface area (TPSA) is 85.6 Å². The smallest absolute Gasteiger partial charge is 0.308 e. The van der Waals surface area contributed by atoms with Crippen LogP contribution in [0.1, 0.15) is 31.7 Å². The maximum atomic E-state index is 13.5. The molecule has 0 bridgehead atoms. The molecule has 1 aliphatic heterocycles. The van der Waals surface area contributed by atoms with E-state index in [0.717, 1.165) is 48.5 Å². The standard InChI is InChI=1S/C28H31FN6O3/c1-3-26(36)38-19-37-25-12-15-30-27(32-25)33(2)22-13-16-34(17-14-22)28-31-23-6-4-5-7-24(23)35(28)18-20-8-10-21(29)11-9-20/h4-12,15,22H,3,13-14,16-19H2,1-2H3. The number of halogens is 1. The van der Waals surface area contributed by atoms with Gasteiger partial charge in [0, 0.05) is 44.9 Å². The predicted octanol–water partition coefficient (Wildman–Crippen LogP) is 4.41. The van der Waals surface area contributed by atoms with Gasteiger partial charge in [0.2, 0.25) is 24.6 Å². The average Bonchev–Trinajstić information content (AvgIpc) is 3.32. The number of fused-ring (bicyclic) bond motifs is 1. The van der Waals surface area contributed by atoms with Crippen molar-refractivity contribution in [1.29, 1.82) is 0 Å². The minimum atomic E-state index is -0.325. The van der Waals surface area contributed by atoms with Gasteiger partial charge in [0.25, 0.3) is 0 Å². The highest BCUT2D eigenvalue weighted by Crippen LogP contribution is 2.28. The lowest BCUT2D eigenvalue weighted by molar-refractivity contribution is -0.149. The maximum absolute atomic E-state index is 13.5. The molecule has 0 N–H and O–H groups in total. The van der Waals surface area contributed by atoms with Crippen molar-refractivity contribution < 1.29 is 18.7 Å². The molecule has 198 valence electrons. The summed E-state index contributed by atoms with van der Waals surface area (Å²) in [6.07, 6.45) is 3.74. The fourth-order valence-electron chi connectivity index (χ4n) is 4.69. The number of nitrogens with zero attached hydrogens (tertiary/aromatic N) is 6. The zero-order chi connectivity index (χ0) is 26.5. The number of esters is 1. The molecule has 38 heavy (non-hydrogen) atoms. The van der Waals surface area contributed by atoms with Gasteiger partial charge in [0.15, 0.2) is 0 Å². The monoisotopic (exact) mass is 518 g/mol. The van der Waals surface area contributed by atoms with E-state index in [9.17, 15) is 9.18 Å². The summed E-state index contributed by atoms with van der Waals surface area (Å²) >= 11 is 0. The van der Waals surface area contributed by atoms with Crippen LogP contribution in [0.2, 0.25) is 0 Å². The predicted molar refractivity (Wildman–Crippen MR) is 143 cm³/mol. The normalized spacial score (nSPS) is 14.0. The van der Waals surface area contributed by atoms with Crippen LogP contribution in [0.15, 0.2) is 60.8 Å². The summed E-state index contributed by atoms with van der Waals surface area (Å²) in [5.74, 6) is 1.28. The van der Waals surface area contributed by atoms with Gasteiger partial charge in [-0.25, -0.2) is 14.4 Å². The van der Waals surface area contributed by atoms with Gasteiger partial charge in [0.1, 0.15) is 5.82 Å². The SMILES string of the molecule is CCC(=O)OCOc1ccnc(N(C)C2CCN(c3nc4ccccc4n3Cc3ccc(F)cc3)CC2)n1. The summed E-state index contributed by atoms with van der Waals surface area (Å²) < 4.78 is 26.1. The second-order valence-corrected chi connectivity index (χ2v) is 9.27. The Morgan fingerprint density at radius 2 is 1.84 bits per heavy atom. The van der Waals surface area contributed by atoms with Gasteiger partial charge in [-0.3, -0.25) is 4.79 Å². The van der Waals surface area contributed by atoms with Crippen LogP contribution in [-0.4, -0.2) is 58.5 Å². The lowest BCUT2D eigenvalue weighted by Crippen LogP contribution is -2.44. The second-order valence-electron chi connectivity index (χ2n) is 9.27. The molecule has 1 fully saturated rings. The molecule has 0 radical (unpaired) electrons. The molecule has 4 aromatic rings. The molecule has 2 aromatic carbocycles. The number of rotatable bonds is 9. The molecule has 1 aliphatic rings. The number of carbonyl (C=O) groups excluding carboxylic acids is 1. The van der Waals surface area contributed by atoms with Gasteiger partial charge in [-0.15, -0.1) is 0 Å². The second kappa shape index (κ2) is 11.5. The van der Waals surface area contributed by atoms with Crippen molar-refractivity contribution in [2.75, 3.05) is 36.7 Å². The Morgan fingerprint density at radius 1 is 1.08 bits per heavy atom. The summed E-state index contributed by atoms with van der Waals surface area (Å²) in [5, 5.41) is 0. The van der Waals surface area contributed by atoms with E-state index in [-0.39, 0.29) is 24.6 Å². The molecule has 2 aromatic heterocycles. The fourth-order valence-corrected chi connectivity index (χ4v) is 4.69. The van der Waals surface area contributed by atoms with Crippen molar-refractivity contribution in [3.05, 3.63) is 72.2 Å². The van der Waals surface area contributed by atoms with Crippen LogP contribution in [-0.2, 0) is 16.1 Å². The number of carbonyl (C=O) groups is 1. The highest BCUT2D eigenvalue weighted by molar-refractivity contribution is 5.79. The third-order valence-electron chi connectivity index (χ3n) is 6.83. The number of anilines is 2. The van der Waals surface area contributed by atoms with E-state index in [4.69, 9.17) is 14.5 Å². The van der Waals surface area contributed by atoms with Crippen molar-refractivity contribution in [1.82, 2.24) is 19.5 Å². The first-order chi connectivity index (χ1) is 18.5. The summed E-state index contributed by atoms with van der Waals surface area (Å²) in [4.78, 5) is 29.6. The Bertz CT molecular complexity index is 1390. The van der Waals surface area contributed by atoms with Crippen molar-refractivity contribution in [2.45, 2.75) is 38.8 Å². The van der Waals surface area contributed by atoms with E-state index in [1.165, 1.54) is 12.1 Å². The summed E-state index contributed by atoms with van der Waals surface area (Å²) in [6, 6.07) is 16.6. The molecule has 0 aliphatic carbocycles. The first-order valence-corrected chi connectivity index (χ1v) is 12.8. The summed E-state index contributed by atoms with van der Waals surface area (Å²) in [7, 11) is 1.99. The number of benzene rings is 2. The molecule has 0 saturated carbocycles. The van der Waals surface area contributed by atoms with E-state index >= 15 is 0 Å². The highest BCUT2D eigenvalue weighted by atomic mass is 19.1. The van der Waals surface area contributed by atoms with Crippen LogP contribution < -0.4 is 14.5 Å². The number of piperidine rings is 1. The summed E-state index contributed by atoms with van der Waals surface area (Å²) in [5.41, 5.74) is 3.02. The van der Waals surface area contributed by atoms with Gasteiger partial charge >= 0.3 is 5.97 Å². The average molecular weight is 519 g/mol. The zero-order valence-corrected chi connectivity index (χ0v) is 21.6. The number of ether oxygens (including phenoxy) is 2. The third-order valence-corrected chi connectivity index (χ3v) is 6.83. The van der Waals surface area contributed by atoms with E-state index < -0.39 is 0 Å². The van der Waals surface area contributed by atoms with Gasteiger partial charge in [0.05, 0.1) is 17.6 Å². The first-order valence-electron chi connectivity index (χ1n) is 12.8. The molecular weight excluding hydrogens is 487 g/mol. The molecule has 0 atom stereocenters. The van der Waals surface area contributed by atoms with Crippen LogP contribution in [0.25, 0.3) is 11.0 Å². The van der Waals surface area contributed by atoms with Crippen LogP contribution in [0.4, 0.5) is 16.3 Å². The van der Waals surface area contributed by atoms with Gasteiger partial charge < -0.3 is 23.8 Å².